The molecule has 1 aromatic carbocycles. The molecule has 0 unspecified atom stereocenters. The minimum Gasteiger partial charge on any atom is -0.460 e. The highest BCUT2D eigenvalue weighted by molar-refractivity contribution is 5.70. The molecule has 2 atom stereocenters. The van der Waals surface area contributed by atoms with Crippen LogP contribution in [0.15, 0.2) is 35.9 Å². The molecule has 0 amide bonds. The van der Waals surface area contributed by atoms with Gasteiger partial charge in [-0.25, -0.2) is 0 Å². The van der Waals surface area contributed by atoms with Gasteiger partial charge >= 0.3 is 5.97 Å². The Morgan fingerprint density at radius 1 is 1.21 bits per heavy atom. The van der Waals surface area contributed by atoms with Crippen molar-refractivity contribution in [2.45, 2.75) is 77.5 Å². The van der Waals surface area contributed by atoms with Crippen molar-refractivity contribution in [2.75, 3.05) is 19.6 Å². The minimum absolute atomic E-state index is 0.0872. The monoisotopic (exact) mass is 398 g/mol. The lowest BCUT2D eigenvalue weighted by molar-refractivity contribution is -0.155. The van der Waals surface area contributed by atoms with Crippen molar-refractivity contribution in [2.24, 2.45) is 5.92 Å². The number of carbonyl (C=O) groups excluding carboxylic acids is 1. The SMILES string of the molecule is CC/C(=C\c1ccccc1)[C@@H]1C[C@H]1NC1CCN(CCC(=O)OC(C)(C)C)CC1. The van der Waals surface area contributed by atoms with Gasteiger partial charge in [0.05, 0.1) is 6.42 Å². The summed E-state index contributed by atoms with van der Waals surface area (Å²) in [5.74, 6) is 0.612. The van der Waals surface area contributed by atoms with Crippen LogP contribution in [-0.4, -0.2) is 48.2 Å². The van der Waals surface area contributed by atoms with Crippen molar-refractivity contribution in [1.82, 2.24) is 10.2 Å². The lowest BCUT2D eigenvalue weighted by Crippen LogP contribution is -2.44. The highest BCUT2D eigenvalue weighted by Gasteiger charge is 2.40. The van der Waals surface area contributed by atoms with Gasteiger partial charge in [-0.05, 0) is 71.0 Å². The molecule has 4 nitrogen and oxygen atoms in total. The van der Waals surface area contributed by atoms with Gasteiger partial charge in [0.1, 0.15) is 5.60 Å². The molecule has 2 fully saturated rings. The number of ether oxygens (including phenoxy) is 1. The highest BCUT2D eigenvalue weighted by atomic mass is 16.6. The quantitative estimate of drug-likeness (QED) is 0.647. The number of carbonyl (C=O) groups is 1. The lowest BCUT2D eigenvalue weighted by atomic mass is 10.0. The van der Waals surface area contributed by atoms with Crippen LogP contribution in [0.4, 0.5) is 0 Å². The van der Waals surface area contributed by atoms with Crippen molar-refractivity contribution in [1.29, 1.82) is 0 Å². The van der Waals surface area contributed by atoms with Crippen LogP contribution in [0.1, 0.15) is 65.4 Å². The van der Waals surface area contributed by atoms with Gasteiger partial charge < -0.3 is 15.0 Å². The van der Waals surface area contributed by atoms with Gasteiger partial charge in [-0.2, -0.15) is 0 Å². The summed E-state index contributed by atoms with van der Waals surface area (Å²) in [6.45, 7) is 11.0. The Kier molecular flexibility index (Phi) is 7.53. The summed E-state index contributed by atoms with van der Waals surface area (Å²) in [6.07, 6.45) is 7.60. The number of likely N-dealkylation sites (tertiary alicyclic amines) is 1. The van der Waals surface area contributed by atoms with Crippen LogP contribution in [0.3, 0.4) is 0 Å². The lowest BCUT2D eigenvalue weighted by Gasteiger charge is -2.32. The Balaban J connectivity index is 1.37. The normalized spacial score (nSPS) is 23.8. The molecule has 3 rings (SSSR count). The summed E-state index contributed by atoms with van der Waals surface area (Å²) in [5, 5.41) is 3.90. The second kappa shape index (κ2) is 9.90. The van der Waals surface area contributed by atoms with Crippen LogP contribution >= 0.6 is 0 Å². The van der Waals surface area contributed by atoms with Crippen molar-refractivity contribution in [3.8, 4) is 0 Å². The van der Waals surface area contributed by atoms with E-state index in [0.717, 1.165) is 26.1 Å². The predicted octanol–water partition coefficient (Wildman–Crippen LogP) is 4.65. The molecule has 4 heteroatoms. The number of piperidine rings is 1. The zero-order valence-corrected chi connectivity index (χ0v) is 18.6. The number of nitrogens with zero attached hydrogens (tertiary/aromatic N) is 1. The van der Waals surface area contributed by atoms with E-state index in [4.69, 9.17) is 4.74 Å². The summed E-state index contributed by atoms with van der Waals surface area (Å²) >= 11 is 0. The number of esters is 1. The Morgan fingerprint density at radius 3 is 2.52 bits per heavy atom. The molecular weight excluding hydrogens is 360 g/mol. The van der Waals surface area contributed by atoms with Gasteiger partial charge in [-0.1, -0.05) is 48.9 Å². The van der Waals surface area contributed by atoms with Gasteiger partial charge in [0.2, 0.25) is 0 Å². The summed E-state index contributed by atoms with van der Waals surface area (Å²) < 4.78 is 5.41. The largest absolute Gasteiger partial charge is 0.460 e. The molecule has 1 N–H and O–H groups in total. The third-order valence-electron chi connectivity index (χ3n) is 5.92. The van der Waals surface area contributed by atoms with Crippen LogP contribution in [0, 0.1) is 5.92 Å². The molecule has 1 aliphatic heterocycles. The van der Waals surface area contributed by atoms with E-state index in [1.807, 2.05) is 20.8 Å². The minimum atomic E-state index is -0.388. The second-order valence-electron chi connectivity index (χ2n) is 9.55. The van der Waals surface area contributed by atoms with Crippen LogP contribution in [-0.2, 0) is 9.53 Å². The molecule has 29 heavy (non-hydrogen) atoms. The third-order valence-corrected chi connectivity index (χ3v) is 5.92. The van der Waals surface area contributed by atoms with Crippen molar-refractivity contribution in [3.05, 3.63) is 41.5 Å². The van der Waals surface area contributed by atoms with E-state index in [-0.39, 0.29) is 11.6 Å². The maximum absolute atomic E-state index is 11.9. The molecule has 0 radical (unpaired) electrons. The number of nitrogens with one attached hydrogen (secondary N) is 1. The summed E-state index contributed by atoms with van der Waals surface area (Å²) in [5.41, 5.74) is 2.50. The van der Waals surface area contributed by atoms with Crippen molar-refractivity contribution in [3.63, 3.8) is 0 Å². The Morgan fingerprint density at radius 2 is 1.90 bits per heavy atom. The highest BCUT2D eigenvalue weighted by Crippen LogP contribution is 2.40. The number of hydrogen-bond donors (Lipinski definition) is 1. The predicted molar refractivity (Wildman–Crippen MR) is 120 cm³/mol. The Hall–Kier alpha value is -1.65. The number of hydrogen-bond acceptors (Lipinski definition) is 4. The average molecular weight is 399 g/mol. The second-order valence-corrected chi connectivity index (χ2v) is 9.55. The van der Waals surface area contributed by atoms with Gasteiger partial charge in [0, 0.05) is 18.6 Å². The smallest absolute Gasteiger partial charge is 0.307 e. The molecule has 0 aromatic heterocycles. The molecular formula is C25H38N2O2. The first kappa shape index (κ1) is 22.0. The third kappa shape index (κ3) is 7.27. The maximum atomic E-state index is 11.9. The van der Waals surface area contributed by atoms with E-state index < -0.39 is 0 Å². The number of rotatable bonds is 8. The first-order chi connectivity index (χ1) is 13.8. The molecule has 1 aromatic rings. The fourth-order valence-electron chi connectivity index (χ4n) is 4.29. The summed E-state index contributed by atoms with van der Waals surface area (Å²) in [4.78, 5) is 14.3. The summed E-state index contributed by atoms with van der Waals surface area (Å²) in [7, 11) is 0. The zero-order valence-electron chi connectivity index (χ0n) is 18.6. The molecule has 0 bridgehead atoms. The fraction of sp³-hybridized carbons (Fsp3) is 0.640. The molecule has 160 valence electrons. The first-order valence-corrected chi connectivity index (χ1v) is 11.3. The van der Waals surface area contributed by atoms with Gasteiger partial charge in [0.15, 0.2) is 0 Å². The molecule has 1 aliphatic carbocycles. The molecule has 2 aliphatic rings. The molecule has 0 spiro atoms. The van der Waals surface area contributed by atoms with Crippen LogP contribution in [0.2, 0.25) is 0 Å². The van der Waals surface area contributed by atoms with E-state index in [0.29, 0.717) is 24.4 Å². The summed E-state index contributed by atoms with van der Waals surface area (Å²) in [6, 6.07) is 11.9. The van der Waals surface area contributed by atoms with E-state index in [9.17, 15) is 4.79 Å². The van der Waals surface area contributed by atoms with E-state index in [1.54, 1.807) is 5.57 Å². The fourth-order valence-corrected chi connectivity index (χ4v) is 4.29. The first-order valence-electron chi connectivity index (χ1n) is 11.3. The number of benzene rings is 1. The Bertz CT molecular complexity index is 685. The molecule has 1 saturated carbocycles. The molecule has 1 heterocycles. The standard InChI is InChI=1S/C25H38N2O2/c1-5-20(17-19-9-7-6-8-10-19)22-18-23(22)26-21-11-14-27(15-12-21)16-13-24(28)29-25(2,3)4/h6-10,17,21-23,26H,5,11-16,18H2,1-4H3/b20-17+/t22-,23+/m0/s1. The van der Waals surface area contributed by atoms with Crippen LogP contribution in [0.5, 0.6) is 0 Å². The van der Waals surface area contributed by atoms with Gasteiger partial charge in [-0.15, -0.1) is 0 Å². The van der Waals surface area contributed by atoms with Crippen LogP contribution in [0.25, 0.3) is 6.08 Å². The van der Waals surface area contributed by atoms with Gasteiger partial charge in [0.25, 0.3) is 0 Å². The maximum Gasteiger partial charge on any atom is 0.307 e. The Labute approximate surface area is 176 Å². The van der Waals surface area contributed by atoms with E-state index in [1.165, 1.54) is 24.8 Å². The van der Waals surface area contributed by atoms with Gasteiger partial charge in [-0.3, -0.25) is 4.79 Å². The zero-order chi connectivity index (χ0) is 20.9. The van der Waals surface area contributed by atoms with E-state index in [2.05, 4.69) is 53.5 Å². The van der Waals surface area contributed by atoms with Crippen LogP contribution < -0.4 is 5.32 Å². The van der Waals surface area contributed by atoms with E-state index >= 15 is 0 Å². The average Bonchev–Trinajstić information content (AvgIpc) is 3.44. The topological polar surface area (TPSA) is 41.6 Å². The van der Waals surface area contributed by atoms with Crippen molar-refractivity contribution >= 4 is 12.0 Å². The van der Waals surface area contributed by atoms with Crippen molar-refractivity contribution < 1.29 is 9.53 Å². The molecule has 1 saturated heterocycles.